The van der Waals surface area contributed by atoms with Crippen molar-refractivity contribution in [2.75, 3.05) is 45.2 Å². The van der Waals surface area contributed by atoms with E-state index in [9.17, 15) is 9.90 Å². The number of thiazole rings is 1. The molecular weight excluding hydrogens is 611 g/mol. The molecule has 5 heterocycles. The lowest BCUT2D eigenvalue weighted by atomic mass is 9.95. The standard InChI is InChI=1S/C36H39N7O3S/c1-23-26(7-5-8-27(23)36-40-30-20-43(21-31(30)47-36)32(45)22-41(2)15-16-44)28-9-6-10-29(34(28)46)39-35-33-25(11-12-37-35)17-24(18-38-33)19-42-13-3-4-14-42/h5-12,17-18,44,46H,3-4,13-16,19-22H2,1-2H3,(H,37,39). The number of nitrogens with zero attached hydrogens (tertiary/aromatic N) is 6. The molecule has 3 aromatic heterocycles. The summed E-state index contributed by atoms with van der Waals surface area (Å²) in [7, 11) is 1.83. The number of benzene rings is 2. The van der Waals surface area contributed by atoms with E-state index in [2.05, 4.69) is 34.3 Å². The van der Waals surface area contributed by atoms with E-state index in [0.717, 1.165) is 62.8 Å². The summed E-state index contributed by atoms with van der Waals surface area (Å²) in [5.74, 6) is 0.767. The minimum atomic E-state index is 0.0255. The number of rotatable bonds is 10. The topological polar surface area (TPSA) is 118 Å². The van der Waals surface area contributed by atoms with Crippen molar-refractivity contribution >= 4 is 39.7 Å². The monoisotopic (exact) mass is 649 g/mol. The Balaban J connectivity index is 1.11. The number of para-hydroxylation sites is 1. The SMILES string of the molecule is Cc1c(-c2nc3c(s2)CN(C(=O)CN(C)CCO)C3)cccc1-c1cccc(Nc2nccc3cc(CN4CCCC4)cnc23)c1O. The number of aromatic nitrogens is 3. The van der Waals surface area contributed by atoms with Crippen LogP contribution in [0.4, 0.5) is 11.5 Å². The Morgan fingerprint density at radius 2 is 1.83 bits per heavy atom. The Bertz CT molecular complexity index is 1910. The maximum absolute atomic E-state index is 12.8. The van der Waals surface area contributed by atoms with Crippen LogP contribution in [0.1, 0.15) is 34.5 Å². The molecule has 242 valence electrons. The zero-order valence-corrected chi connectivity index (χ0v) is 27.6. The normalized spacial score (nSPS) is 14.8. The third-order valence-electron chi connectivity index (χ3n) is 9.10. The minimum Gasteiger partial charge on any atom is -0.505 e. The first-order valence-electron chi connectivity index (χ1n) is 16.1. The molecule has 1 saturated heterocycles. The molecule has 0 saturated carbocycles. The number of hydrogen-bond donors (Lipinski definition) is 3. The van der Waals surface area contributed by atoms with Crippen molar-refractivity contribution in [2.45, 2.75) is 39.4 Å². The number of anilines is 2. The van der Waals surface area contributed by atoms with Gasteiger partial charge in [0.25, 0.3) is 0 Å². The zero-order valence-electron chi connectivity index (χ0n) is 26.7. The van der Waals surface area contributed by atoms with Crippen molar-refractivity contribution in [1.82, 2.24) is 29.7 Å². The molecule has 0 atom stereocenters. The number of phenolic OH excluding ortho intramolecular Hbond substituents is 1. The number of aliphatic hydroxyl groups excluding tert-OH is 1. The highest BCUT2D eigenvalue weighted by atomic mass is 32.1. The highest BCUT2D eigenvalue weighted by Crippen LogP contribution is 2.42. The maximum Gasteiger partial charge on any atom is 0.237 e. The lowest BCUT2D eigenvalue weighted by Crippen LogP contribution is -2.37. The van der Waals surface area contributed by atoms with E-state index in [4.69, 9.17) is 15.1 Å². The molecule has 0 radical (unpaired) electrons. The second-order valence-corrected chi connectivity index (χ2v) is 13.5. The average molecular weight is 650 g/mol. The second-order valence-electron chi connectivity index (χ2n) is 12.5. The molecule has 0 spiro atoms. The fraction of sp³-hybridized carbons (Fsp3) is 0.333. The van der Waals surface area contributed by atoms with E-state index in [1.54, 1.807) is 17.5 Å². The van der Waals surface area contributed by atoms with E-state index < -0.39 is 0 Å². The number of amides is 1. The molecule has 5 aromatic rings. The van der Waals surface area contributed by atoms with Gasteiger partial charge < -0.3 is 20.4 Å². The van der Waals surface area contributed by atoms with Gasteiger partial charge in [-0.15, -0.1) is 11.3 Å². The number of aliphatic hydroxyl groups is 1. The van der Waals surface area contributed by atoms with Crippen molar-refractivity contribution in [3.05, 3.63) is 82.6 Å². The van der Waals surface area contributed by atoms with Gasteiger partial charge in [-0.3, -0.25) is 19.6 Å². The van der Waals surface area contributed by atoms with Gasteiger partial charge in [-0.1, -0.05) is 30.3 Å². The van der Waals surface area contributed by atoms with Crippen LogP contribution in [0.25, 0.3) is 32.6 Å². The Morgan fingerprint density at radius 3 is 2.64 bits per heavy atom. The van der Waals surface area contributed by atoms with Gasteiger partial charge in [0.15, 0.2) is 5.82 Å². The summed E-state index contributed by atoms with van der Waals surface area (Å²) >= 11 is 1.61. The van der Waals surface area contributed by atoms with Gasteiger partial charge in [-0.2, -0.15) is 0 Å². The molecule has 47 heavy (non-hydrogen) atoms. The molecule has 0 unspecified atom stereocenters. The van der Waals surface area contributed by atoms with Crippen molar-refractivity contribution in [3.63, 3.8) is 0 Å². The zero-order chi connectivity index (χ0) is 32.5. The summed E-state index contributed by atoms with van der Waals surface area (Å²) in [5, 5.41) is 26.0. The maximum atomic E-state index is 12.8. The molecule has 2 aliphatic rings. The Kier molecular flexibility index (Phi) is 8.87. The average Bonchev–Trinajstić information content (AvgIpc) is 3.80. The second kappa shape index (κ2) is 13.4. The predicted molar refractivity (Wildman–Crippen MR) is 186 cm³/mol. The van der Waals surface area contributed by atoms with E-state index >= 15 is 0 Å². The van der Waals surface area contributed by atoms with E-state index in [-0.39, 0.29) is 24.8 Å². The number of hydrogen-bond acceptors (Lipinski definition) is 10. The van der Waals surface area contributed by atoms with Gasteiger partial charge in [0.1, 0.15) is 16.3 Å². The summed E-state index contributed by atoms with van der Waals surface area (Å²) < 4.78 is 0. The van der Waals surface area contributed by atoms with Crippen LogP contribution in [0.3, 0.4) is 0 Å². The van der Waals surface area contributed by atoms with Crippen molar-refractivity contribution in [2.24, 2.45) is 0 Å². The predicted octanol–water partition coefficient (Wildman–Crippen LogP) is 5.54. The third-order valence-corrected chi connectivity index (χ3v) is 10.2. The van der Waals surface area contributed by atoms with Crippen LogP contribution in [-0.4, -0.2) is 85.6 Å². The van der Waals surface area contributed by atoms with E-state index in [1.807, 2.05) is 59.4 Å². The summed E-state index contributed by atoms with van der Waals surface area (Å²) in [4.78, 5) is 34.2. The van der Waals surface area contributed by atoms with Gasteiger partial charge in [-0.05, 0) is 74.8 Å². The minimum absolute atomic E-state index is 0.0255. The summed E-state index contributed by atoms with van der Waals surface area (Å²) in [6, 6.07) is 15.9. The molecule has 2 aromatic carbocycles. The van der Waals surface area contributed by atoms with Crippen molar-refractivity contribution < 1.29 is 15.0 Å². The summed E-state index contributed by atoms with van der Waals surface area (Å²) in [5.41, 5.74) is 7.08. The van der Waals surface area contributed by atoms with Crippen LogP contribution in [0.15, 0.2) is 60.9 Å². The number of phenols is 1. The van der Waals surface area contributed by atoms with Crippen LogP contribution in [0, 0.1) is 6.92 Å². The van der Waals surface area contributed by atoms with Crippen LogP contribution < -0.4 is 5.32 Å². The molecule has 2 aliphatic heterocycles. The number of nitrogens with one attached hydrogen (secondary N) is 1. The van der Waals surface area contributed by atoms with Gasteiger partial charge in [-0.25, -0.2) is 9.97 Å². The van der Waals surface area contributed by atoms with Gasteiger partial charge in [0.05, 0.1) is 37.6 Å². The van der Waals surface area contributed by atoms with Crippen molar-refractivity contribution in [1.29, 1.82) is 0 Å². The molecule has 10 nitrogen and oxygen atoms in total. The van der Waals surface area contributed by atoms with Crippen molar-refractivity contribution in [3.8, 4) is 27.4 Å². The summed E-state index contributed by atoms with van der Waals surface area (Å²) in [6.45, 7) is 7.02. The van der Waals surface area contributed by atoms with E-state index in [1.165, 1.54) is 18.4 Å². The third kappa shape index (κ3) is 6.44. The quantitative estimate of drug-likeness (QED) is 0.168. The number of aromatic hydroxyl groups is 1. The summed E-state index contributed by atoms with van der Waals surface area (Å²) in [6.07, 6.45) is 6.22. The van der Waals surface area contributed by atoms with Crippen LogP contribution in [0.2, 0.25) is 0 Å². The highest BCUT2D eigenvalue weighted by molar-refractivity contribution is 7.15. The first-order valence-corrected chi connectivity index (χ1v) is 16.9. The fourth-order valence-electron chi connectivity index (χ4n) is 6.54. The van der Waals surface area contributed by atoms with Crippen LogP contribution >= 0.6 is 11.3 Å². The lowest BCUT2D eigenvalue weighted by Gasteiger charge is -2.20. The smallest absolute Gasteiger partial charge is 0.237 e. The van der Waals surface area contributed by atoms with E-state index in [0.29, 0.717) is 36.7 Å². The van der Waals surface area contributed by atoms with Gasteiger partial charge in [0, 0.05) is 46.9 Å². The highest BCUT2D eigenvalue weighted by Gasteiger charge is 2.28. The number of pyridine rings is 2. The number of likely N-dealkylation sites (tertiary alicyclic amines) is 1. The molecule has 1 amide bonds. The molecule has 3 N–H and O–H groups in total. The molecule has 0 aliphatic carbocycles. The first-order chi connectivity index (χ1) is 22.9. The Hall–Kier alpha value is -4.42. The number of carbonyl (C=O) groups excluding carboxylic acids is 1. The molecule has 1 fully saturated rings. The molecule has 0 bridgehead atoms. The number of carbonyl (C=O) groups is 1. The molecule has 7 rings (SSSR count). The number of fused-ring (bicyclic) bond motifs is 2. The van der Waals surface area contributed by atoms with Crippen LogP contribution in [-0.2, 0) is 24.4 Å². The van der Waals surface area contributed by atoms with Gasteiger partial charge >= 0.3 is 0 Å². The fourth-order valence-corrected chi connectivity index (χ4v) is 7.71. The van der Waals surface area contributed by atoms with Gasteiger partial charge in [0.2, 0.25) is 5.91 Å². The Morgan fingerprint density at radius 1 is 1.04 bits per heavy atom. The largest absolute Gasteiger partial charge is 0.505 e. The number of likely N-dealkylation sites (N-methyl/N-ethyl adjacent to an activating group) is 1. The lowest BCUT2D eigenvalue weighted by molar-refractivity contribution is -0.132. The molecule has 11 heteroatoms. The first kappa shape index (κ1) is 31.2. The Labute approximate surface area is 278 Å². The van der Waals surface area contributed by atoms with Crippen LogP contribution in [0.5, 0.6) is 5.75 Å². The molecular formula is C36H39N7O3S.